The van der Waals surface area contributed by atoms with Gasteiger partial charge in [-0.1, -0.05) is 44.2 Å². The Bertz CT molecular complexity index is 895. The Morgan fingerprint density at radius 1 is 1.19 bits per heavy atom. The van der Waals surface area contributed by atoms with Crippen molar-refractivity contribution in [3.8, 4) is 0 Å². The van der Waals surface area contributed by atoms with Crippen LogP contribution in [0.1, 0.15) is 37.3 Å². The molecule has 0 radical (unpaired) electrons. The van der Waals surface area contributed by atoms with Crippen LogP contribution in [-0.2, 0) is 21.2 Å². The Kier molecular flexibility index (Phi) is 5.44. The number of sulfonamides is 1. The van der Waals surface area contributed by atoms with Crippen LogP contribution in [0.3, 0.4) is 0 Å². The molecule has 1 aliphatic rings. The van der Waals surface area contributed by atoms with E-state index < -0.39 is 10.0 Å². The number of benzene rings is 2. The zero-order chi connectivity index (χ0) is 18.7. The molecule has 0 aromatic heterocycles. The van der Waals surface area contributed by atoms with Gasteiger partial charge in [0.15, 0.2) is 0 Å². The quantitative estimate of drug-likeness (QED) is 0.847. The Hall–Kier alpha value is -2.18. The summed E-state index contributed by atoms with van der Waals surface area (Å²) in [5.41, 5.74) is 2.83. The molecule has 0 unspecified atom stereocenters. The second-order valence-electron chi connectivity index (χ2n) is 6.60. The van der Waals surface area contributed by atoms with Crippen LogP contribution in [0.5, 0.6) is 0 Å². The van der Waals surface area contributed by atoms with E-state index in [1.807, 2.05) is 44.2 Å². The number of anilines is 1. The van der Waals surface area contributed by atoms with E-state index in [9.17, 15) is 13.2 Å². The third-order valence-electron chi connectivity index (χ3n) is 4.81. The lowest BCUT2D eigenvalue weighted by molar-refractivity contribution is -0.118. The molecule has 3 rings (SSSR count). The monoisotopic (exact) mass is 372 g/mol. The van der Waals surface area contributed by atoms with Gasteiger partial charge in [0, 0.05) is 25.2 Å². The number of hydrogen-bond donors (Lipinski definition) is 1. The van der Waals surface area contributed by atoms with Crippen LogP contribution in [0.15, 0.2) is 53.4 Å². The standard InChI is InChI=1S/C20H24N2O3S/c1-3-20(23)22-12-11-17-13-18(9-10-19(17)22)26(24,25)21-14-15(2)16-7-5-4-6-8-16/h4-10,13,15,21H,3,11-12,14H2,1-2H3/t15-/m0/s1. The smallest absolute Gasteiger partial charge is 0.240 e. The number of hydrogen-bond acceptors (Lipinski definition) is 3. The van der Waals surface area contributed by atoms with Gasteiger partial charge >= 0.3 is 0 Å². The summed E-state index contributed by atoms with van der Waals surface area (Å²) in [6.45, 7) is 4.78. The normalized spacial score (nSPS) is 14.9. The lowest BCUT2D eigenvalue weighted by Crippen LogP contribution is -2.28. The Morgan fingerprint density at radius 2 is 1.92 bits per heavy atom. The molecule has 0 bridgehead atoms. The van der Waals surface area contributed by atoms with E-state index in [0.717, 1.165) is 16.8 Å². The third-order valence-corrected chi connectivity index (χ3v) is 6.23. The van der Waals surface area contributed by atoms with Gasteiger partial charge in [-0.2, -0.15) is 0 Å². The van der Waals surface area contributed by atoms with Gasteiger partial charge in [0.2, 0.25) is 15.9 Å². The van der Waals surface area contributed by atoms with E-state index in [1.54, 1.807) is 23.1 Å². The number of fused-ring (bicyclic) bond motifs is 1. The minimum absolute atomic E-state index is 0.0640. The minimum Gasteiger partial charge on any atom is -0.312 e. The van der Waals surface area contributed by atoms with Gasteiger partial charge in [0.1, 0.15) is 0 Å². The first-order valence-electron chi connectivity index (χ1n) is 8.90. The van der Waals surface area contributed by atoms with Crippen molar-refractivity contribution in [1.82, 2.24) is 4.72 Å². The molecule has 138 valence electrons. The zero-order valence-corrected chi connectivity index (χ0v) is 15.9. The summed E-state index contributed by atoms with van der Waals surface area (Å²) in [7, 11) is -3.58. The number of rotatable bonds is 6. The van der Waals surface area contributed by atoms with Gasteiger partial charge in [-0.3, -0.25) is 4.79 Å². The van der Waals surface area contributed by atoms with Gasteiger partial charge in [0.05, 0.1) is 4.90 Å². The highest BCUT2D eigenvalue weighted by Crippen LogP contribution is 2.30. The molecule has 2 aromatic carbocycles. The third kappa shape index (κ3) is 3.81. The molecule has 0 aliphatic carbocycles. The summed E-state index contributed by atoms with van der Waals surface area (Å²) in [5.74, 6) is 0.146. The second kappa shape index (κ2) is 7.60. The maximum atomic E-state index is 12.6. The molecule has 1 aliphatic heterocycles. The molecule has 6 heteroatoms. The number of carbonyl (C=O) groups excluding carboxylic acids is 1. The van der Waals surface area contributed by atoms with Gasteiger partial charge < -0.3 is 4.90 Å². The van der Waals surface area contributed by atoms with Crippen LogP contribution in [-0.4, -0.2) is 27.4 Å². The van der Waals surface area contributed by atoms with Crippen molar-refractivity contribution in [2.24, 2.45) is 0 Å². The topological polar surface area (TPSA) is 66.5 Å². The highest BCUT2D eigenvalue weighted by atomic mass is 32.2. The van der Waals surface area contributed by atoms with Crippen LogP contribution in [0, 0.1) is 0 Å². The van der Waals surface area contributed by atoms with Gasteiger partial charge in [-0.05, 0) is 41.7 Å². The molecule has 1 heterocycles. The number of nitrogens with zero attached hydrogens (tertiary/aromatic N) is 1. The fourth-order valence-electron chi connectivity index (χ4n) is 3.21. The maximum Gasteiger partial charge on any atom is 0.240 e. The molecular weight excluding hydrogens is 348 g/mol. The summed E-state index contributed by atoms with van der Waals surface area (Å²) in [4.78, 5) is 14.0. The van der Waals surface area contributed by atoms with E-state index in [-0.39, 0.29) is 16.7 Å². The minimum atomic E-state index is -3.58. The van der Waals surface area contributed by atoms with E-state index in [4.69, 9.17) is 0 Å². The molecule has 2 aromatic rings. The fourth-order valence-corrected chi connectivity index (χ4v) is 4.39. The Morgan fingerprint density at radius 3 is 2.62 bits per heavy atom. The number of amides is 1. The van der Waals surface area contributed by atoms with Crippen LogP contribution < -0.4 is 9.62 Å². The van der Waals surface area contributed by atoms with Crippen LogP contribution >= 0.6 is 0 Å². The zero-order valence-electron chi connectivity index (χ0n) is 15.1. The average molecular weight is 372 g/mol. The number of nitrogens with one attached hydrogen (secondary N) is 1. The first-order chi connectivity index (χ1) is 12.4. The van der Waals surface area contributed by atoms with Crippen molar-refractivity contribution in [3.63, 3.8) is 0 Å². The summed E-state index contributed by atoms with van der Waals surface area (Å²) >= 11 is 0. The SMILES string of the molecule is CCC(=O)N1CCc2cc(S(=O)(=O)NC[C@H](C)c3ccccc3)ccc21. The molecule has 1 amide bonds. The fraction of sp³-hybridized carbons (Fsp3) is 0.350. The van der Waals surface area contributed by atoms with Gasteiger partial charge in [-0.15, -0.1) is 0 Å². The molecular formula is C20H24N2O3S. The number of carbonyl (C=O) groups is 1. The maximum absolute atomic E-state index is 12.6. The first kappa shape index (κ1) is 18.6. The van der Waals surface area contributed by atoms with Gasteiger partial charge in [-0.25, -0.2) is 13.1 Å². The van der Waals surface area contributed by atoms with Crippen molar-refractivity contribution >= 4 is 21.6 Å². The molecule has 26 heavy (non-hydrogen) atoms. The molecule has 0 saturated carbocycles. The Labute approximate surface area is 155 Å². The lowest BCUT2D eigenvalue weighted by atomic mass is 10.0. The summed E-state index contributed by atoms with van der Waals surface area (Å²) < 4.78 is 28.0. The average Bonchev–Trinajstić information content (AvgIpc) is 3.09. The van der Waals surface area contributed by atoms with Crippen molar-refractivity contribution in [2.45, 2.75) is 37.5 Å². The predicted octanol–water partition coefficient (Wildman–Crippen LogP) is 3.07. The van der Waals surface area contributed by atoms with Crippen molar-refractivity contribution in [3.05, 3.63) is 59.7 Å². The summed E-state index contributed by atoms with van der Waals surface area (Å²) in [5, 5.41) is 0. The van der Waals surface area contributed by atoms with Crippen LogP contribution in [0.4, 0.5) is 5.69 Å². The molecule has 0 fully saturated rings. The first-order valence-corrected chi connectivity index (χ1v) is 10.4. The lowest BCUT2D eigenvalue weighted by Gasteiger charge is -2.17. The van der Waals surface area contributed by atoms with E-state index >= 15 is 0 Å². The van der Waals surface area contributed by atoms with E-state index in [0.29, 0.717) is 25.9 Å². The van der Waals surface area contributed by atoms with E-state index in [1.165, 1.54) is 0 Å². The van der Waals surface area contributed by atoms with Crippen molar-refractivity contribution in [2.75, 3.05) is 18.0 Å². The largest absolute Gasteiger partial charge is 0.312 e. The van der Waals surface area contributed by atoms with E-state index in [2.05, 4.69) is 4.72 Å². The molecule has 0 saturated heterocycles. The van der Waals surface area contributed by atoms with Crippen LogP contribution in [0.25, 0.3) is 0 Å². The molecule has 1 N–H and O–H groups in total. The van der Waals surface area contributed by atoms with Gasteiger partial charge in [0.25, 0.3) is 0 Å². The molecule has 0 spiro atoms. The second-order valence-corrected chi connectivity index (χ2v) is 8.37. The summed E-state index contributed by atoms with van der Waals surface area (Å²) in [6, 6.07) is 14.8. The van der Waals surface area contributed by atoms with Crippen LogP contribution in [0.2, 0.25) is 0 Å². The molecule has 1 atom stereocenters. The summed E-state index contributed by atoms with van der Waals surface area (Å²) in [6.07, 6.45) is 1.13. The molecule has 5 nitrogen and oxygen atoms in total. The predicted molar refractivity (Wildman–Crippen MR) is 103 cm³/mol. The highest BCUT2D eigenvalue weighted by molar-refractivity contribution is 7.89. The Balaban J connectivity index is 1.73. The highest BCUT2D eigenvalue weighted by Gasteiger charge is 2.25. The van der Waals surface area contributed by atoms with Crippen molar-refractivity contribution in [1.29, 1.82) is 0 Å². The van der Waals surface area contributed by atoms with Crippen molar-refractivity contribution < 1.29 is 13.2 Å².